The van der Waals surface area contributed by atoms with Gasteiger partial charge in [0.15, 0.2) is 0 Å². The SMILES string of the molecule is Cc1ccc(C(=O)NCc2nc3ccccc3n2C)cc1NC(=O)C1CCOCC1. The molecule has 2 N–H and O–H groups in total. The van der Waals surface area contributed by atoms with Crippen molar-refractivity contribution in [3.63, 3.8) is 0 Å². The van der Waals surface area contributed by atoms with Crippen LogP contribution in [0.25, 0.3) is 11.0 Å². The molecule has 30 heavy (non-hydrogen) atoms. The van der Waals surface area contributed by atoms with Gasteiger partial charge in [-0.2, -0.15) is 0 Å². The van der Waals surface area contributed by atoms with Gasteiger partial charge in [-0.05, 0) is 49.6 Å². The molecule has 4 rings (SSSR count). The normalized spacial score (nSPS) is 14.6. The van der Waals surface area contributed by atoms with Gasteiger partial charge in [-0.15, -0.1) is 0 Å². The maximum Gasteiger partial charge on any atom is 0.251 e. The number of imidazole rings is 1. The number of nitrogens with zero attached hydrogens (tertiary/aromatic N) is 2. The highest BCUT2D eigenvalue weighted by Gasteiger charge is 2.22. The van der Waals surface area contributed by atoms with Crippen molar-refractivity contribution in [3.05, 3.63) is 59.4 Å². The van der Waals surface area contributed by atoms with Crippen LogP contribution in [0.2, 0.25) is 0 Å². The van der Waals surface area contributed by atoms with Gasteiger partial charge in [0.2, 0.25) is 5.91 Å². The lowest BCUT2D eigenvalue weighted by molar-refractivity contribution is -0.122. The molecule has 7 heteroatoms. The number of carbonyl (C=O) groups excluding carboxylic acids is 2. The maximum atomic E-state index is 12.7. The van der Waals surface area contributed by atoms with Crippen molar-refractivity contribution in [3.8, 4) is 0 Å². The van der Waals surface area contributed by atoms with E-state index in [1.54, 1.807) is 12.1 Å². The fourth-order valence-corrected chi connectivity index (χ4v) is 3.71. The first kappa shape index (κ1) is 20.1. The van der Waals surface area contributed by atoms with Crippen molar-refractivity contribution in [1.82, 2.24) is 14.9 Å². The zero-order chi connectivity index (χ0) is 21.1. The molecule has 0 spiro atoms. The van der Waals surface area contributed by atoms with Crippen LogP contribution in [0, 0.1) is 12.8 Å². The smallest absolute Gasteiger partial charge is 0.251 e. The summed E-state index contributed by atoms with van der Waals surface area (Å²) in [5, 5.41) is 5.91. The molecule has 156 valence electrons. The minimum absolute atomic E-state index is 0.0151. The zero-order valence-corrected chi connectivity index (χ0v) is 17.3. The van der Waals surface area contributed by atoms with Crippen molar-refractivity contribution in [1.29, 1.82) is 0 Å². The first-order valence-electron chi connectivity index (χ1n) is 10.2. The molecule has 1 fully saturated rings. The van der Waals surface area contributed by atoms with Gasteiger partial charge in [0.05, 0.1) is 17.6 Å². The lowest BCUT2D eigenvalue weighted by Crippen LogP contribution is -2.29. The van der Waals surface area contributed by atoms with Crippen molar-refractivity contribution in [2.75, 3.05) is 18.5 Å². The second-order valence-corrected chi connectivity index (χ2v) is 7.66. The average molecular weight is 406 g/mol. The molecular weight excluding hydrogens is 380 g/mol. The molecule has 2 aromatic carbocycles. The van der Waals surface area contributed by atoms with E-state index in [-0.39, 0.29) is 17.7 Å². The van der Waals surface area contributed by atoms with Crippen LogP contribution in [0.15, 0.2) is 42.5 Å². The first-order chi connectivity index (χ1) is 14.5. The van der Waals surface area contributed by atoms with Gasteiger partial charge in [0, 0.05) is 37.4 Å². The van der Waals surface area contributed by atoms with E-state index in [1.807, 2.05) is 48.9 Å². The lowest BCUT2D eigenvalue weighted by atomic mass is 9.99. The van der Waals surface area contributed by atoms with Gasteiger partial charge in [0.25, 0.3) is 5.91 Å². The molecule has 3 aromatic rings. The van der Waals surface area contributed by atoms with Crippen LogP contribution in [0.5, 0.6) is 0 Å². The monoisotopic (exact) mass is 406 g/mol. The number of para-hydroxylation sites is 2. The highest BCUT2D eigenvalue weighted by molar-refractivity contribution is 5.98. The third-order valence-electron chi connectivity index (χ3n) is 5.64. The Kier molecular flexibility index (Phi) is 5.81. The van der Waals surface area contributed by atoms with E-state index in [9.17, 15) is 9.59 Å². The number of aromatic nitrogens is 2. The van der Waals surface area contributed by atoms with Crippen LogP contribution in [0.1, 0.15) is 34.6 Å². The Morgan fingerprint density at radius 1 is 1.17 bits per heavy atom. The van der Waals surface area contributed by atoms with Crippen LogP contribution >= 0.6 is 0 Å². The molecule has 2 amide bonds. The molecule has 1 saturated heterocycles. The summed E-state index contributed by atoms with van der Waals surface area (Å²) in [5.41, 5.74) is 4.01. The van der Waals surface area contributed by atoms with Gasteiger partial charge >= 0.3 is 0 Å². The molecule has 1 aromatic heterocycles. The molecule has 2 heterocycles. The van der Waals surface area contributed by atoms with Gasteiger partial charge in [0.1, 0.15) is 5.82 Å². The summed E-state index contributed by atoms with van der Waals surface area (Å²) in [7, 11) is 1.94. The summed E-state index contributed by atoms with van der Waals surface area (Å²) < 4.78 is 7.30. The predicted octanol–water partition coefficient (Wildman–Crippen LogP) is 3.18. The minimum Gasteiger partial charge on any atom is -0.381 e. The van der Waals surface area contributed by atoms with E-state index in [0.29, 0.717) is 31.0 Å². The van der Waals surface area contributed by atoms with Crippen LogP contribution in [0.3, 0.4) is 0 Å². The first-order valence-corrected chi connectivity index (χ1v) is 10.2. The number of benzene rings is 2. The Balaban J connectivity index is 1.44. The van der Waals surface area contributed by atoms with Crippen molar-refractivity contribution >= 4 is 28.5 Å². The summed E-state index contributed by atoms with van der Waals surface area (Å²) in [6.45, 7) is 3.46. The Morgan fingerprint density at radius 3 is 2.70 bits per heavy atom. The summed E-state index contributed by atoms with van der Waals surface area (Å²) in [6.07, 6.45) is 1.45. The lowest BCUT2D eigenvalue weighted by Gasteiger charge is -2.21. The largest absolute Gasteiger partial charge is 0.381 e. The molecule has 0 unspecified atom stereocenters. The van der Waals surface area contributed by atoms with Crippen molar-refractivity contribution < 1.29 is 14.3 Å². The van der Waals surface area contributed by atoms with Gasteiger partial charge in [-0.1, -0.05) is 18.2 Å². The number of ether oxygens (including phenoxy) is 1. The van der Waals surface area contributed by atoms with E-state index < -0.39 is 0 Å². The Bertz CT molecular complexity index is 1080. The van der Waals surface area contributed by atoms with Crippen molar-refractivity contribution in [2.45, 2.75) is 26.3 Å². The number of anilines is 1. The highest BCUT2D eigenvalue weighted by atomic mass is 16.5. The number of fused-ring (bicyclic) bond motifs is 1. The molecular formula is C23H26N4O3. The van der Waals surface area contributed by atoms with Crippen LogP contribution in [-0.4, -0.2) is 34.6 Å². The van der Waals surface area contributed by atoms with Gasteiger partial charge in [-0.3, -0.25) is 9.59 Å². The average Bonchev–Trinajstić information content (AvgIpc) is 3.10. The van der Waals surface area contributed by atoms with Gasteiger partial charge < -0.3 is 19.9 Å². The summed E-state index contributed by atoms with van der Waals surface area (Å²) in [6, 6.07) is 13.2. The number of amides is 2. The quantitative estimate of drug-likeness (QED) is 0.682. The van der Waals surface area contributed by atoms with Crippen molar-refractivity contribution in [2.24, 2.45) is 13.0 Å². The minimum atomic E-state index is -0.205. The zero-order valence-electron chi connectivity index (χ0n) is 17.3. The molecule has 0 radical (unpaired) electrons. The van der Waals surface area contributed by atoms with E-state index >= 15 is 0 Å². The van der Waals surface area contributed by atoms with E-state index in [0.717, 1.165) is 35.3 Å². The standard InChI is InChI=1S/C23H26N4O3/c1-15-7-8-17(13-19(15)26-23(29)16-9-11-30-12-10-16)22(28)24-14-21-25-18-5-3-4-6-20(18)27(21)2/h3-8,13,16H,9-12,14H2,1-2H3,(H,24,28)(H,26,29). The summed E-state index contributed by atoms with van der Waals surface area (Å²) in [5.74, 6) is 0.514. The Hall–Kier alpha value is -3.19. The number of rotatable bonds is 5. The maximum absolute atomic E-state index is 12.7. The Morgan fingerprint density at radius 2 is 1.93 bits per heavy atom. The van der Waals surface area contributed by atoms with E-state index in [1.165, 1.54) is 0 Å². The molecule has 1 aliphatic rings. The second-order valence-electron chi connectivity index (χ2n) is 7.66. The third-order valence-corrected chi connectivity index (χ3v) is 5.64. The van der Waals surface area contributed by atoms with E-state index in [2.05, 4.69) is 15.6 Å². The number of nitrogens with one attached hydrogen (secondary N) is 2. The molecule has 0 aliphatic carbocycles. The second kappa shape index (κ2) is 8.67. The fraction of sp³-hybridized carbons (Fsp3) is 0.348. The number of hydrogen-bond donors (Lipinski definition) is 2. The number of carbonyl (C=O) groups is 2. The predicted molar refractivity (Wildman–Crippen MR) is 115 cm³/mol. The third kappa shape index (κ3) is 4.21. The van der Waals surface area contributed by atoms with Crippen LogP contribution in [0.4, 0.5) is 5.69 Å². The number of hydrogen-bond acceptors (Lipinski definition) is 4. The molecule has 7 nitrogen and oxygen atoms in total. The molecule has 0 saturated carbocycles. The fourth-order valence-electron chi connectivity index (χ4n) is 3.71. The van der Waals surface area contributed by atoms with Gasteiger partial charge in [-0.25, -0.2) is 4.98 Å². The molecule has 0 atom stereocenters. The highest BCUT2D eigenvalue weighted by Crippen LogP contribution is 2.21. The van der Waals surface area contributed by atoms with Crippen LogP contribution in [-0.2, 0) is 23.1 Å². The van der Waals surface area contributed by atoms with Crippen LogP contribution < -0.4 is 10.6 Å². The summed E-state index contributed by atoms with van der Waals surface area (Å²) >= 11 is 0. The van der Waals surface area contributed by atoms with E-state index in [4.69, 9.17) is 4.74 Å². The number of aryl methyl sites for hydroxylation is 2. The molecule has 1 aliphatic heterocycles. The summed E-state index contributed by atoms with van der Waals surface area (Å²) in [4.78, 5) is 29.9. The topological polar surface area (TPSA) is 85.3 Å². The Labute approximate surface area is 175 Å². The molecule has 0 bridgehead atoms.